The molecule has 3 rings (SSSR count). The first-order valence-electron chi connectivity index (χ1n) is 9.13. The zero-order valence-corrected chi connectivity index (χ0v) is 16.1. The summed E-state index contributed by atoms with van der Waals surface area (Å²) >= 11 is 0. The van der Waals surface area contributed by atoms with E-state index in [0.29, 0.717) is 24.6 Å². The van der Waals surface area contributed by atoms with E-state index in [4.69, 9.17) is 5.73 Å². The average molecular weight is 374 g/mol. The maximum absolute atomic E-state index is 14.2. The van der Waals surface area contributed by atoms with Crippen LogP contribution in [0.25, 0.3) is 0 Å². The Morgan fingerprint density at radius 3 is 2.52 bits per heavy atom. The highest BCUT2D eigenvalue weighted by molar-refractivity contribution is 5.87. The molecule has 0 radical (unpaired) electrons. The normalized spacial score (nSPS) is 14.3. The first-order chi connectivity index (χ1) is 13.0. The van der Waals surface area contributed by atoms with Crippen molar-refractivity contribution in [3.8, 4) is 0 Å². The molecule has 7 nitrogen and oxygen atoms in total. The van der Waals surface area contributed by atoms with Gasteiger partial charge >= 0.3 is 0 Å². The molecule has 146 valence electrons. The number of carbonyl (C=O) groups excluding carboxylic acids is 1. The van der Waals surface area contributed by atoms with Crippen molar-refractivity contribution < 1.29 is 9.18 Å². The molecule has 1 aliphatic heterocycles. The molecule has 3 heterocycles. The summed E-state index contributed by atoms with van der Waals surface area (Å²) in [5, 5.41) is 2.48. The number of nitrogens with two attached hydrogens (primary N) is 1. The number of nitrogens with one attached hydrogen (secondary N) is 1. The Balaban J connectivity index is 0.00000126. The second-order valence-corrected chi connectivity index (χ2v) is 6.04. The predicted octanol–water partition coefficient (Wildman–Crippen LogP) is 2.50. The van der Waals surface area contributed by atoms with Crippen LogP contribution in [0.3, 0.4) is 0 Å². The SMILES string of the molecule is CC.CC(=O)Nc1ccc(N2CCN(Cc3ccnc(N)c3)CC2)c(F)n1. The Morgan fingerprint density at radius 1 is 1.22 bits per heavy atom. The minimum absolute atomic E-state index is 0.225. The lowest BCUT2D eigenvalue weighted by molar-refractivity contribution is -0.114. The van der Waals surface area contributed by atoms with Crippen LogP contribution in [0.1, 0.15) is 26.3 Å². The van der Waals surface area contributed by atoms with E-state index in [0.717, 1.165) is 25.2 Å². The smallest absolute Gasteiger partial charge is 0.238 e. The molecule has 2 aromatic rings. The van der Waals surface area contributed by atoms with Gasteiger partial charge in [-0.25, -0.2) is 9.97 Å². The molecule has 0 bridgehead atoms. The predicted molar refractivity (Wildman–Crippen MR) is 106 cm³/mol. The van der Waals surface area contributed by atoms with Crippen LogP contribution >= 0.6 is 0 Å². The van der Waals surface area contributed by atoms with Crippen molar-refractivity contribution in [3.05, 3.63) is 42.0 Å². The molecule has 27 heavy (non-hydrogen) atoms. The average Bonchev–Trinajstić information content (AvgIpc) is 2.64. The molecule has 3 N–H and O–H groups in total. The highest BCUT2D eigenvalue weighted by atomic mass is 19.1. The third-order valence-electron chi connectivity index (χ3n) is 4.10. The van der Waals surface area contributed by atoms with Crippen molar-refractivity contribution >= 4 is 23.2 Å². The molecule has 1 aliphatic rings. The monoisotopic (exact) mass is 374 g/mol. The topological polar surface area (TPSA) is 87.4 Å². The van der Waals surface area contributed by atoms with Crippen molar-refractivity contribution in [2.45, 2.75) is 27.3 Å². The van der Waals surface area contributed by atoms with Gasteiger partial charge in [-0.05, 0) is 29.8 Å². The number of piperazine rings is 1. The molecule has 0 saturated carbocycles. The summed E-state index contributed by atoms with van der Waals surface area (Å²) in [6.45, 7) is 9.20. The Morgan fingerprint density at radius 2 is 1.93 bits per heavy atom. The van der Waals surface area contributed by atoms with Crippen LogP contribution in [0.5, 0.6) is 0 Å². The van der Waals surface area contributed by atoms with Crippen molar-refractivity contribution in [2.75, 3.05) is 42.1 Å². The van der Waals surface area contributed by atoms with E-state index in [9.17, 15) is 9.18 Å². The molecular formula is C19H27FN6O. The summed E-state index contributed by atoms with van der Waals surface area (Å²) in [4.78, 5) is 23.1. The first kappa shape index (κ1) is 20.6. The fourth-order valence-corrected chi connectivity index (χ4v) is 2.91. The number of amides is 1. The maximum atomic E-state index is 14.2. The van der Waals surface area contributed by atoms with Gasteiger partial charge in [-0.15, -0.1) is 0 Å². The van der Waals surface area contributed by atoms with Crippen molar-refractivity contribution in [3.63, 3.8) is 0 Å². The van der Waals surface area contributed by atoms with Crippen LogP contribution in [0, 0.1) is 5.95 Å². The summed E-state index contributed by atoms with van der Waals surface area (Å²) in [6.07, 6.45) is 1.71. The number of rotatable bonds is 4. The zero-order chi connectivity index (χ0) is 19.8. The van der Waals surface area contributed by atoms with Crippen LogP contribution < -0.4 is 16.0 Å². The fraction of sp³-hybridized carbons (Fsp3) is 0.421. The number of anilines is 3. The van der Waals surface area contributed by atoms with E-state index < -0.39 is 5.95 Å². The van der Waals surface area contributed by atoms with Gasteiger partial charge in [0.1, 0.15) is 11.6 Å². The number of aromatic nitrogens is 2. The van der Waals surface area contributed by atoms with Crippen LogP contribution in [0.4, 0.5) is 21.7 Å². The van der Waals surface area contributed by atoms with Gasteiger partial charge in [-0.3, -0.25) is 9.69 Å². The second-order valence-electron chi connectivity index (χ2n) is 6.04. The zero-order valence-electron chi connectivity index (χ0n) is 16.1. The van der Waals surface area contributed by atoms with Gasteiger partial charge in [0.25, 0.3) is 0 Å². The molecule has 0 unspecified atom stereocenters. The largest absolute Gasteiger partial charge is 0.384 e. The number of halogens is 1. The molecular weight excluding hydrogens is 347 g/mol. The van der Waals surface area contributed by atoms with Gasteiger partial charge in [0.15, 0.2) is 0 Å². The van der Waals surface area contributed by atoms with E-state index >= 15 is 0 Å². The summed E-state index contributed by atoms with van der Waals surface area (Å²) in [7, 11) is 0. The maximum Gasteiger partial charge on any atom is 0.238 e. The van der Waals surface area contributed by atoms with Gasteiger partial charge in [0.05, 0.1) is 5.69 Å². The quantitative estimate of drug-likeness (QED) is 0.800. The second kappa shape index (κ2) is 9.82. The minimum atomic E-state index is -0.568. The minimum Gasteiger partial charge on any atom is -0.384 e. The number of nitrogen functional groups attached to an aromatic ring is 1. The molecule has 0 aliphatic carbocycles. The van der Waals surface area contributed by atoms with Gasteiger partial charge in [0, 0.05) is 45.8 Å². The fourth-order valence-electron chi connectivity index (χ4n) is 2.91. The third-order valence-corrected chi connectivity index (χ3v) is 4.10. The Labute approximate surface area is 159 Å². The van der Waals surface area contributed by atoms with Gasteiger partial charge < -0.3 is 16.0 Å². The van der Waals surface area contributed by atoms with E-state index in [-0.39, 0.29) is 11.7 Å². The molecule has 2 aromatic heterocycles. The standard InChI is InChI=1S/C17H21FN6O.C2H6/c1-12(25)21-16-3-2-14(17(18)22-16)24-8-6-23(7-9-24)11-13-4-5-20-15(19)10-13;1-2/h2-5,10H,6-9,11H2,1H3,(H2,19,20)(H,21,22,25);1-2H3. The first-order valence-corrected chi connectivity index (χ1v) is 9.13. The Kier molecular flexibility index (Phi) is 7.48. The number of hydrogen-bond acceptors (Lipinski definition) is 6. The molecule has 0 aromatic carbocycles. The van der Waals surface area contributed by atoms with E-state index in [1.54, 1.807) is 18.3 Å². The molecule has 1 fully saturated rings. The van der Waals surface area contributed by atoms with Crippen LogP contribution in [-0.2, 0) is 11.3 Å². The molecule has 8 heteroatoms. The van der Waals surface area contributed by atoms with Crippen molar-refractivity contribution in [1.82, 2.24) is 14.9 Å². The lowest BCUT2D eigenvalue weighted by atomic mass is 10.2. The molecule has 0 spiro atoms. The van der Waals surface area contributed by atoms with Gasteiger partial charge in [0.2, 0.25) is 11.9 Å². The summed E-state index contributed by atoms with van der Waals surface area (Å²) in [6, 6.07) is 7.10. The van der Waals surface area contributed by atoms with Crippen molar-refractivity contribution in [1.29, 1.82) is 0 Å². The Hall–Kier alpha value is -2.74. The lowest BCUT2D eigenvalue weighted by Gasteiger charge is -2.36. The highest BCUT2D eigenvalue weighted by Gasteiger charge is 2.20. The van der Waals surface area contributed by atoms with E-state index in [1.165, 1.54) is 6.92 Å². The number of hydrogen-bond donors (Lipinski definition) is 2. The number of nitrogens with zero attached hydrogens (tertiary/aromatic N) is 4. The van der Waals surface area contributed by atoms with E-state index in [2.05, 4.69) is 20.2 Å². The Bertz CT molecular complexity index is 762. The van der Waals surface area contributed by atoms with Gasteiger partial charge in [-0.1, -0.05) is 13.8 Å². The molecule has 1 saturated heterocycles. The van der Waals surface area contributed by atoms with E-state index in [1.807, 2.05) is 30.9 Å². The van der Waals surface area contributed by atoms with Gasteiger partial charge in [-0.2, -0.15) is 4.39 Å². The molecule has 0 atom stereocenters. The summed E-state index contributed by atoms with van der Waals surface area (Å²) < 4.78 is 14.2. The third kappa shape index (κ3) is 5.89. The highest BCUT2D eigenvalue weighted by Crippen LogP contribution is 2.22. The summed E-state index contributed by atoms with van der Waals surface area (Å²) in [5.74, 6) is -0.0992. The summed E-state index contributed by atoms with van der Waals surface area (Å²) in [5.41, 5.74) is 7.29. The van der Waals surface area contributed by atoms with Crippen LogP contribution in [0.15, 0.2) is 30.5 Å². The lowest BCUT2D eigenvalue weighted by Crippen LogP contribution is -2.46. The number of carbonyl (C=O) groups is 1. The van der Waals surface area contributed by atoms with Crippen molar-refractivity contribution in [2.24, 2.45) is 0 Å². The molecule has 1 amide bonds. The van der Waals surface area contributed by atoms with Crippen LogP contribution in [-0.4, -0.2) is 47.0 Å². The van der Waals surface area contributed by atoms with Crippen LogP contribution in [0.2, 0.25) is 0 Å². The number of pyridine rings is 2.